The first kappa shape index (κ1) is 20.1. The summed E-state index contributed by atoms with van der Waals surface area (Å²) in [6, 6.07) is 25.3. The largest absolute Gasteiger partial charge is 0.468 e. The molecule has 0 saturated heterocycles. The van der Waals surface area contributed by atoms with E-state index in [1.54, 1.807) is 0 Å². The van der Waals surface area contributed by atoms with Gasteiger partial charge < -0.3 is 14.6 Å². The number of carbonyl (C=O) groups excluding carboxylic acids is 1. The Bertz CT molecular complexity index is 1330. The average Bonchev–Trinajstić information content (AvgIpc) is 3.44. The van der Waals surface area contributed by atoms with E-state index in [0.29, 0.717) is 6.42 Å². The number of para-hydroxylation sites is 1. The zero-order valence-corrected chi connectivity index (χ0v) is 18.7. The van der Waals surface area contributed by atoms with Gasteiger partial charge in [0.1, 0.15) is 6.04 Å². The number of anilines is 1. The number of carbonyl (C=O) groups is 1. The molecule has 3 aromatic carbocycles. The maximum Gasteiger partial charge on any atom is 0.323 e. The molecule has 2 atom stereocenters. The first-order chi connectivity index (χ1) is 16.2. The number of rotatable bonds is 4. The summed E-state index contributed by atoms with van der Waals surface area (Å²) < 4.78 is 5.10. The number of benzene rings is 3. The van der Waals surface area contributed by atoms with Crippen molar-refractivity contribution in [1.29, 1.82) is 0 Å². The molecule has 0 fully saturated rings. The molecule has 0 saturated carbocycles. The highest BCUT2D eigenvalue weighted by Crippen LogP contribution is 2.38. The lowest BCUT2D eigenvalue weighted by Crippen LogP contribution is -2.45. The predicted molar refractivity (Wildman–Crippen MR) is 130 cm³/mol. The van der Waals surface area contributed by atoms with Crippen LogP contribution in [0.5, 0.6) is 0 Å². The first-order valence-electron chi connectivity index (χ1n) is 11.6. The summed E-state index contributed by atoms with van der Waals surface area (Å²) in [5.41, 5.74) is 8.63. The number of esters is 1. The number of nitrogens with zero attached hydrogens (tertiary/aromatic N) is 1. The minimum atomic E-state index is -0.366. The number of ether oxygens (including phenoxy) is 1. The van der Waals surface area contributed by atoms with E-state index in [-0.39, 0.29) is 18.1 Å². The van der Waals surface area contributed by atoms with Gasteiger partial charge in [-0.2, -0.15) is 0 Å². The zero-order chi connectivity index (χ0) is 22.4. The normalized spacial score (nSPS) is 19.4. The van der Waals surface area contributed by atoms with Crippen molar-refractivity contribution in [3.05, 3.63) is 101 Å². The van der Waals surface area contributed by atoms with Gasteiger partial charge >= 0.3 is 5.97 Å². The number of hydrogen-bond acceptors (Lipinski definition) is 4. The molecule has 0 radical (unpaired) electrons. The van der Waals surface area contributed by atoms with E-state index < -0.39 is 0 Å². The third-order valence-electron chi connectivity index (χ3n) is 7.04. The van der Waals surface area contributed by atoms with Crippen LogP contribution in [0, 0.1) is 0 Å². The standard InChI is InChI=1S/C28H27N3O2/c1-33-28(32)24-16-22-21-9-5-6-10-23(21)29-27(22)26(30-24)20-11-12-25-19(15-20)13-14-31(25)17-18-7-3-2-4-8-18/h2-12,15,24,26,29-30H,13-14,16-17H2,1H3. The molecule has 166 valence electrons. The van der Waals surface area contributed by atoms with Crippen LogP contribution in [-0.2, 0) is 28.9 Å². The van der Waals surface area contributed by atoms with Gasteiger partial charge in [0.15, 0.2) is 0 Å². The minimum Gasteiger partial charge on any atom is -0.468 e. The van der Waals surface area contributed by atoms with Crippen molar-refractivity contribution >= 4 is 22.6 Å². The molecule has 1 aromatic heterocycles. The monoisotopic (exact) mass is 437 g/mol. The van der Waals surface area contributed by atoms with Gasteiger partial charge in [0.05, 0.1) is 13.2 Å². The number of H-pyrrole nitrogens is 1. The summed E-state index contributed by atoms with van der Waals surface area (Å²) in [6.07, 6.45) is 1.65. The van der Waals surface area contributed by atoms with Crippen molar-refractivity contribution < 1.29 is 9.53 Å². The van der Waals surface area contributed by atoms with Gasteiger partial charge in [-0.05, 0) is 40.8 Å². The number of fused-ring (bicyclic) bond motifs is 4. The van der Waals surface area contributed by atoms with Gasteiger partial charge in [-0.15, -0.1) is 0 Å². The summed E-state index contributed by atoms with van der Waals surface area (Å²) in [7, 11) is 1.46. The van der Waals surface area contributed by atoms with Gasteiger partial charge in [-0.25, -0.2) is 0 Å². The third kappa shape index (κ3) is 3.49. The van der Waals surface area contributed by atoms with Crippen molar-refractivity contribution in [1.82, 2.24) is 10.3 Å². The van der Waals surface area contributed by atoms with E-state index >= 15 is 0 Å². The molecule has 2 aliphatic heterocycles. The van der Waals surface area contributed by atoms with E-state index in [1.165, 1.54) is 40.4 Å². The Morgan fingerprint density at radius 1 is 1.06 bits per heavy atom. The molecule has 2 aliphatic rings. The molecule has 0 spiro atoms. The summed E-state index contributed by atoms with van der Waals surface area (Å²) in [4.78, 5) is 18.6. The van der Waals surface area contributed by atoms with Crippen molar-refractivity contribution in [2.24, 2.45) is 0 Å². The van der Waals surface area contributed by atoms with E-state index in [1.807, 2.05) is 6.07 Å². The Kier molecular flexibility index (Phi) is 4.92. The highest BCUT2D eigenvalue weighted by Gasteiger charge is 2.35. The Morgan fingerprint density at radius 2 is 1.88 bits per heavy atom. The molecule has 0 aliphatic carbocycles. The second-order valence-corrected chi connectivity index (χ2v) is 8.99. The fraction of sp³-hybridized carbons (Fsp3) is 0.250. The van der Waals surface area contributed by atoms with Crippen LogP contribution in [0.2, 0.25) is 0 Å². The number of nitrogens with one attached hydrogen (secondary N) is 2. The first-order valence-corrected chi connectivity index (χ1v) is 11.6. The highest BCUT2D eigenvalue weighted by atomic mass is 16.5. The summed E-state index contributed by atoms with van der Waals surface area (Å²) in [5, 5.41) is 4.74. The van der Waals surface area contributed by atoms with Crippen molar-refractivity contribution in [2.75, 3.05) is 18.6 Å². The predicted octanol–water partition coefficient (Wildman–Crippen LogP) is 4.51. The maximum atomic E-state index is 12.5. The molecule has 2 unspecified atom stereocenters. The molecule has 0 bridgehead atoms. The smallest absolute Gasteiger partial charge is 0.323 e. The second-order valence-electron chi connectivity index (χ2n) is 8.99. The van der Waals surface area contributed by atoms with E-state index in [9.17, 15) is 4.79 Å². The molecule has 6 rings (SSSR count). The van der Waals surface area contributed by atoms with E-state index in [2.05, 4.69) is 81.9 Å². The Labute approximate surface area is 193 Å². The maximum absolute atomic E-state index is 12.5. The SMILES string of the molecule is COC(=O)C1Cc2c([nH]c3ccccc23)C(c2ccc3c(c2)CCN3Cc2ccccc2)N1. The zero-order valence-electron chi connectivity index (χ0n) is 18.7. The quantitative estimate of drug-likeness (QED) is 0.462. The summed E-state index contributed by atoms with van der Waals surface area (Å²) in [5.74, 6) is -0.217. The fourth-order valence-electron chi connectivity index (χ4n) is 5.43. The Morgan fingerprint density at radius 3 is 2.73 bits per heavy atom. The van der Waals surface area contributed by atoms with Crippen LogP contribution < -0.4 is 10.2 Å². The van der Waals surface area contributed by atoms with Crippen LogP contribution in [0.15, 0.2) is 72.8 Å². The van der Waals surface area contributed by atoms with Gasteiger partial charge in [-0.3, -0.25) is 10.1 Å². The number of methoxy groups -OCH3 is 1. The van der Waals surface area contributed by atoms with E-state index in [0.717, 1.165) is 30.7 Å². The fourth-order valence-corrected chi connectivity index (χ4v) is 5.43. The van der Waals surface area contributed by atoms with Crippen LogP contribution in [0.25, 0.3) is 10.9 Å². The van der Waals surface area contributed by atoms with Gasteiger partial charge in [0, 0.05) is 41.8 Å². The second kappa shape index (κ2) is 8.09. The Hall–Kier alpha value is -3.57. The molecule has 5 heteroatoms. The van der Waals surface area contributed by atoms with Crippen LogP contribution in [0.4, 0.5) is 5.69 Å². The van der Waals surface area contributed by atoms with Crippen molar-refractivity contribution in [3.63, 3.8) is 0 Å². The van der Waals surface area contributed by atoms with Gasteiger partial charge in [0.25, 0.3) is 0 Å². The van der Waals surface area contributed by atoms with Crippen LogP contribution in [0.1, 0.15) is 34.0 Å². The van der Waals surface area contributed by atoms with Gasteiger partial charge in [0.2, 0.25) is 0 Å². The minimum absolute atomic E-state index is 0.0845. The molecule has 4 aromatic rings. The van der Waals surface area contributed by atoms with E-state index in [4.69, 9.17) is 4.74 Å². The molecular formula is C28H27N3O2. The lowest BCUT2D eigenvalue weighted by atomic mass is 9.89. The van der Waals surface area contributed by atoms with Gasteiger partial charge in [-0.1, -0.05) is 60.7 Å². The topological polar surface area (TPSA) is 57.4 Å². The van der Waals surface area contributed by atoms with Crippen molar-refractivity contribution in [3.8, 4) is 0 Å². The summed E-state index contributed by atoms with van der Waals surface area (Å²) >= 11 is 0. The van der Waals surface area contributed by atoms with Crippen LogP contribution in [-0.4, -0.2) is 30.6 Å². The Balaban J connectivity index is 1.36. The third-order valence-corrected chi connectivity index (χ3v) is 7.04. The molecule has 0 amide bonds. The number of aromatic nitrogens is 1. The van der Waals surface area contributed by atoms with Crippen LogP contribution >= 0.6 is 0 Å². The highest BCUT2D eigenvalue weighted by molar-refractivity contribution is 5.87. The molecular weight excluding hydrogens is 410 g/mol. The molecule has 3 heterocycles. The lowest BCUT2D eigenvalue weighted by Gasteiger charge is -2.30. The summed E-state index contributed by atoms with van der Waals surface area (Å²) in [6.45, 7) is 1.94. The molecule has 2 N–H and O–H groups in total. The van der Waals surface area contributed by atoms with Crippen LogP contribution in [0.3, 0.4) is 0 Å². The number of aromatic amines is 1. The number of hydrogen-bond donors (Lipinski definition) is 2. The average molecular weight is 438 g/mol. The van der Waals surface area contributed by atoms with Crippen molar-refractivity contribution in [2.45, 2.75) is 31.5 Å². The molecule has 33 heavy (non-hydrogen) atoms. The molecule has 5 nitrogen and oxygen atoms in total. The lowest BCUT2D eigenvalue weighted by molar-refractivity contribution is -0.143.